The minimum Gasteiger partial charge on any atom is -0.481 e. The third-order valence-electron chi connectivity index (χ3n) is 7.49. The molecule has 3 aliphatic carbocycles. The van der Waals surface area contributed by atoms with Gasteiger partial charge in [-0.15, -0.1) is 13.2 Å². The molecule has 3 aliphatic rings. The number of nitrogens with one attached hydrogen (secondary N) is 1. The Morgan fingerprint density at radius 1 is 0.878 bits per heavy atom. The SMILES string of the molecule is C=C[C@@H]1C[C@]1(CC(=O)OC(C)(C)C)C(=O)NS(=O)(=O)C1(COC)CC1.C=C[C@@H]1C[C@]1(CC(=O)OC(C)(C)C)C(=O)O. The Kier molecular flexibility index (Phi) is 9.98. The molecule has 3 fully saturated rings. The van der Waals surface area contributed by atoms with Gasteiger partial charge in [0.2, 0.25) is 15.9 Å². The van der Waals surface area contributed by atoms with Crippen molar-refractivity contribution >= 4 is 33.8 Å². The predicted octanol–water partition coefficient (Wildman–Crippen LogP) is 3.53. The van der Waals surface area contributed by atoms with E-state index in [0.717, 1.165) is 0 Å². The van der Waals surface area contributed by atoms with Crippen LogP contribution in [0.4, 0.5) is 0 Å². The maximum Gasteiger partial charge on any atom is 0.310 e. The number of carbonyl (C=O) groups is 4. The predicted molar refractivity (Wildman–Crippen MR) is 151 cm³/mol. The van der Waals surface area contributed by atoms with Crippen LogP contribution in [0.15, 0.2) is 25.3 Å². The normalized spacial score (nSPS) is 27.7. The number of allylic oxidation sites excluding steroid dienone is 2. The second-order valence-electron chi connectivity index (χ2n) is 13.3. The van der Waals surface area contributed by atoms with Crippen molar-refractivity contribution in [2.24, 2.45) is 22.7 Å². The maximum absolute atomic E-state index is 12.7. The van der Waals surface area contributed by atoms with Crippen LogP contribution in [0, 0.1) is 22.7 Å². The molecule has 0 saturated heterocycles. The Morgan fingerprint density at radius 2 is 1.29 bits per heavy atom. The van der Waals surface area contributed by atoms with Gasteiger partial charge < -0.3 is 19.3 Å². The van der Waals surface area contributed by atoms with Crippen LogP contribution >= 0.6 is 0 Å². The third kappa shape index (κ3) is 8.41. The zero-order chi connectivity index (χ0) is 31.7. The van der Waals surface area contributed by atoms with Crippen LogP contribution in [0.1, 0.15) is 80.1 Å². The number of hydrogen-bond acceptors (Lipinski definition) is 9. The summed E-state index contributed by atoms with van der Waals surface area (Å²) in [5.41, 5.74) is -3.31. The number of esters is 2. The van der Waals surface area contributed by atoms with Crippen LogP contribution in [0.2, 0.25) is 0 Å². The van der Waals surface area contributed by atoms with Crippen LogP contribution in [-0.4, -0.2) is 67.0 Å². The highest BCUT2D eigenvalue weighted by molar-refractivity contribution is 7.91. The van der Waals surface area contributed by atoms with E-state index < -0.39 is 60.6 Å². The zero-order valence-electron chi connectivity index (χ0n) is 25.2. The number of aliphatic carboxylic acids is 1. The Labute approximate surface area is 243 Å². The smallest absolute Gasteiger partial charge is 0.310 e. The van der Waals surface area contributed by atoms with Gasteiger partial charge in [0.15, 0.2) is 0 Å². The van der Waals surface area contributed by atoms with Gasteiger partial charge in [-0.05, 0) is 79.1 Å². The van der Waals surface area contributed by atoms with E-state index in [1.807, 2.05) is 0 Å². The molecule has 0 aliphatic heterocycles. The first kappa shape index (κ1) is 34.5. The van der Waals surface area contributed by atoms with Gasteiger partial charge in [-0.25, -0.2) is 8.42 Å². The average molecular weight is 600 g/mol. The van der Waals surface area contributed by atoms with E-state index in [0.29, 0.717) is 25.7 Å². The van der Waals surface area contributed by atoms with Gasteiger partial charge in [0.1, 0.15) is 15.9 Å². The maximum atomic E-state index is 12.7. The highest BCUT2D eigenvalue weighted by atomic mass is 32.2. The third-order valence-corrected chi connectivity index (χ3v) is 9.61. The summed E-state index contributed by atoms with van der Waals surface area (Å²) in [4.78, 5) is 47.5. The van der Waals surface area contributed by atoms with E-state index in [4.69, 9.17) is 19.3 Å². The number of amides is 1. The number of carbonyl (C=O) groups excluding carboxylic acids is 3. The number of carboxylic acid groups (broad SMARTS) is 1. The summed E-state index contributed by atoms with van der Waals surface area (Å²) >= 11 is 0. The van der Waals surface area contributed by atoms with Crippen molar-refractivity contribution in [2.45, 2.75) is 96.0 Å². The van der Waals surface area contributed by atoms with Crippen molar-refractivity contribution < 1.29 is 46.9 Å². The molecule has 3 saturated carbocycles. The van der Waals surface area contributed by atoms with Crippen molar-refractivity contribution in [1.82, 2.24) is 4.72 Å². The highest BCUT2D eigenvalue weighted by Crippen LogP contribution is 2.57. The summed E-state index contributed by atoms with van der Waals surface area (Å²) in [5, 5.41) is 9.10. The molecular formula is C29H45NO10S. The number of rotatable bonds is 12. The number of carboxylic acids is 1. The van der Waals surface area contributed by atoms with Gasteiger partial charge in [0.25, 0.3) is 0 Å². The fraction of sp³-hybridized carbons (Fsp3) is 0.724. The summed E-state index contributed by atoms with van der Waals surface area (Å²) in [5.74, 6) is -2.94. The Balaban J connectivity index is 0.000000317. The molecule has 4 atom stereocenters. The zero-order valence-corrected chi connectivity index (χ0v) is 26.0. The van der Waals surface area contributed by atoms with Gasteiger partial charge in [0.05, 0.1) is 30.3 Å². The van der Waals surface area contributed by atoms with Gasteiger partial charge in [-0.2, -0.15) is 0 Å². The van der Waals surface area contributed by atoms with Gasteiger partial charge in [-0.1, -0.05) is 12.2 Å². The lowest BCUT2D eigenvalue weighted by atomic mass is 9.98. The minimum absolute atomic E-state index is 0.0412. The standard InChI is InChI=1S/C17H27NO6S.C12H18O4/c1-6-12-9-17(12,10-13(19)24-15(2,3)4)14(20)18-25(21,22)16(7-8-16)11-23-5;1-5-8-6-12(8,10(14)15)7-9(13)16-11(2,3)4/h6,12H,1,7-11H2,2-5H3,(H,18,20);5,8H,1,6-7H2,2-4H3,(H,14,15)/t12-,17-;8-,12-/m11/s1. The molecule has 0 radical (unpaired) electrons. The molecular weight excluding hydrogens is 554 g/mol. The average Bonchev–Trinajstić information content (AvgIpc) is 3.68. The van der Waals surface area contributed by atoms with Gasteiger partial charge in [-0.3, -0.25) is 23.9 Å². The molecule has 2 N–H and O–H groups in total. The van der Waals surface area contributed by atoms with Crippen LogP contribution in [0.3, 0.4) is 0 Å². The molecule has 0 bridgehead atoms. The first-order chi connectivity index (χ1) is 18.6. The summed E-state index contributed by atoms with van der Waals surface area (Å²) in [7, 11) is -2.44. The second-order valence-corrected chi connectivity index (χ2v) is 15.4. The summed E-state index contributed by atoms with van der Waals surface area (Å²) < 4.78 is 41.6. The molecule has 1 amide bonds. The van der Waals surface area contributed by atoms with Crippen molar-refractivity contribution in [3.63, 3.8) is 0 Å². The monoisotopic (exact) mass is 599 g/mol. The summed E-state index contributed by atoms with van der Waals surface area (Å²) in [6.45, 7) is 17.8. The molecule has 232 valence electrons. The molecule has 0 heterocycles. The van der Waals surface area contributed by atoms with E-state index in [-0.39, 0.29) is 31.3 Å². The molecule has 41 heavy (non-hydrogen) atoms. The summed E-state index contributed by atoms with van der Waals surface area (Å²) in [6, 6.07) is 0. The van der Waals surface area contributed by atoms with Gasteiger partial charge in [0, 0.05) is 7.11 Å². The number of methoxy groups -OCH3 is 1. The molecule has 0 aromatic carbocycles. The van der Waals surface area contributed by atoms with E-state index in [9.17, 15) is 27.6 Å². The number of hydrogen-bond donors (Lipinski definition) is 2. The molecule has 3 rings (SSSR count). The van der Waals surface area contributed by atoms with Crippen LogP contribution < -0.4 is 4.72 Å². The van der Waals surface area contributed by atoms with Crippen LogP contribution in [0.25, 0.3) is 0 Å². The Morgan fingerprint density at radius 3 is 1.61 bits per heavy atom. The number of sulfonamides is 1. The van der Waals surface area contributed by atoms with Crippen molar-refractivity contribution in [2.75, 3.05) is 13.7 Å². The molecule has 11 nitrogen and oxygen atoms in total. The Bertz CT molecular complexity index is 1170. The number of ether oxygens (including phenoxy) is 3. The lowest BCUT2D eigenvalue weighted by molar-refractivity contribution is -0.161. The topological polar surface area (TPSA) is 162 Å². The molecule has 12 heteroatoms. The minimum atomic E-state index is -3.87. The fourth-order valence-corrected chi connectivity index (χ4v) is 6.43. The Hall–Kier alpha value is -2.73. The van der Waals surface area contributed by atoms with Crippen molar-refractivity contribution in [1.29, 1.82) is 0 Å². The van der Waals surface area contributed by atoms with E-state index >= 15 is 0 Å². The van der Waals surface area contributed by atoms with E-state index in [1.54, 1.807) is 53.7 Å². The molecule has 0 unspecified atom stereocenters. The fourth-order valence-electron chi connectivity index (χ4n) is 4.85. The van der Waals surface area contributed by atoms with Gasteiger partial charge >= 0.3 is 17.9 Å². The quantitative estimate of drug-likeness (QED) is 0.251. The first-order valence-electron chi connectivity index (χ1n) is 13.6. The summed E-state index contributed by atoms with van der Waals surface area (Å²) in [6.07, 6.45) is 4.70. The van der Waals surface area contributed by atoms with Crippen molar-refractivity contribution in [3.05, 3.63) is 25.3 Å². The molecule has 0 aromatic rings. The van der Waals surface area contributed by atoms with Crippen molar-refractivity contribution in [3.8, 4) is 0 Å². The molecule has 0 aromatic heterocycles. The van der Waals surface area contributed by atoms with Crippen LogP contribution in [0.5, 0.6) is 0 Å². The second kappa shape index (κ2) is 11.9. The first-order valence-corrected chi connectivity index (χ1v) is 15.1. The lowest BCUT2D eigenvalue weighted by Gasteiger charge is -2.23. The van der Waals surface area contributed by atoms with E-state index in [2.05, 4.69) is 17.9 Å². The molecule has 0 spiro atoms. The van der Waals surface area contributed by atoms with E-state index in [1.165, 1.54) is 7.11 Å². The van der Waals surface area contributed by atoms with Crippen LogP contribution in [-0.2, 0) is 43.4 Å². The highest BCUT2D eigenvalue weighted by Gasteiger charge is 2.63. The largest absolute Gasteiger partial charge is 0.481 e. The lowest BCUT2D eigenvalue weighted by Crippen LogP contribution is -2.46.